The molecule has 1 N–H and O–H groups in total. The first-order valence-electron chi connectivity index (χ1n) is 8.64. The van der Waals surface area contributed by atoms with Gasteiger partial charge in [-0.2, -0.15) is 0 Å². The van der Waals surface area contributed by atoms with Crippen LogP contribution in [0.5, 0.6) is 5.75 Å². The summed E-state index contributed by atoms with van der Waals surface area (Å²) < 4.78 is 5.29. The van der Waals surface area contributed by atoms with Crippen LogP contribution >= 0.6 is 0 Å². The van der Waals surface area contributed by atoms with Crippen molar-refractivity contribution in [2.45, 2.75) is 26.2 Å². The van der Waals surface area contributed by atoms with Crippen LogP contribution in [0.2, 0.25) is 0 Å². The van der Waals surface area contributed by atoms with Crippen molar-refractivity contribution in [2.75, 3.05) is 30.4 Å². The zero-order chi connectivity index (χ0) is 17.6. The van der Waals surface area contributed by atoms with Crippen molar-refractivity contribution in [3.63, 3.8) is 0 Å². The van der Waals surface area contributed by atoms with E-state index in [1.54, 1.807) is 7.11 Å². The van der Waals surface area contributed by atoms with Crippen molar-refractivity contribution in [1.29, 1.82) is 0 Å². The van der Waals surface area contributed by atoms with E-state index in [-0.39, 0.29) is 12.3 Å². The van der Waals surface area contributed by atoms with Crippen molar-refractivity contribution in [2.24, 2.45) is 5.92 Å². The number of hydrogen-bond acceptors (Lipinski definition) is 5. The monoisotopic (exact) mass is 340 g/mol. The van der Waals surface area contributed by atoms with Gasteiger partial charge in [-0.05, 0) is 24.8 Å². The van der Waals surface area contributed by atoms with Crippen molar-refractivity contribution in [3.8, 4) is 5.75 Å². The molecule has 1 saturated heterocycles. The molecule has 0 saturated carbocycles. The standard InChI is InChI=1S/C19H24N4O2/c1-14-7-9-23(10-8-14)18-12-17(20-13-21-18)22-19(24)11-15-5-3-4-6-16(15)25-2/h3-6,12-14H,7-11H2,1-2H3,(H,20,21,22,24). The summed E-state index contributed by atoms with van der Waals surface area (Å²) in [7, 11) is 1.60. The topological polar surface area (TPSA) is 67.3 Å². The summed E-state index contributed by atoms with van der Waals surface area (Å²) in [6.45, 7) is 4.26. The van der Waals surface area contributed by atoms with Crippen LogP contribution in [0.25, 0.3) is 0 Å². The molecule has 0 bridgehead atoms. The molecule has 0 radical (unpaired) electrons. The van der Waals surface area contributed by atoms with Gasteiger partial charge in [0.15, 0.2) is 0 Å². The number of nitrogens with zero attached hydrogens (tertiary/aromatic N) is 3. The molecule has 3 rings (SSSR count). The zero-order valence-corrected chi connectivity index (χ0v) is 14.7. The highest BCUT2D eigenvalue weighted by molar-refractivity contribution is 5.92. The van der Waals surface area contributed by atoms with Crippen LogP contribution in [0, 0.1) is 5.92 Å². The predicted molar refractivity (Wildman–Crippen MR) is 98.0 cm³/mol. The summed E-state index contributed by atoms with van der Waals surface area (Å²) in [4.78, 5) is 23.1. The summed E-state index contributed by atoms with van der Waals surface area (Å²) in [5.41, 5.74) is 0.849. The lowest BCUT2D eigenvalue weighted by atomic mass is 9.99. The average molecular weight is 340 g/mol. The van der Waals surface area contributed by atoms with E-state index >= 15 is 0 Å². The van der Waals surface area contributed by atoms with Gasteiger partial charge in [0.25, 0.3) is 0 Å². The van der Waals surface area contributed by atoms with E-state index < -0.39 is 0 Å². The van der Waals surface area contributed by atoms with Gasteiger partial charge < -0.3 is 15.0 Å². The second-order valence-electron chi connectivity index (χ2n) is 6.47. The molecule has 2 aromatic rings. The number of piperidine rings is 1. The minimum absolute atomic E-state index is 0.124. The van der Waals surface area contributed by atoms with Crippen molar-refractivity contribution in [1.82, 2.24) is 9.97 Å². The van der Waals surface area contributed by atoms with E-state index in [2.05, 4.69) is 27.1 Å². The molecule has 1 aromatic carbocycles. The molecule has 2 heterocycles. The first kappa shape index (κ1) is 17.2. The Bertz CT molecular complexity index is 727. The Labute approximate surface area is 148 Å². The molecule has 1 aromatic heterocycles. The highest BCUT2D eigenvalue weighted by Gasteiger charge is 2.17. The number of aromatic nitrogens is 2. The molecule has 1 aliphatic heterocycles. The SMILES string of the molecule is COc1ccccc1CC(=O)Nc1cc(N2CCC(C)CC2)ncn1. The second-order valence-corrected chi connectivity index (χ2v) is 6.47. The largest absolute Gasteiger partial charge is 0.496 e. The highest BCUT2D eigenvalue weighted by Crippen LogP contribution is 2.23. The summed E-state index contributed by atoms with van der Waals surface area (Å²) >= 11 is 0. The number of anilines is 2. The third kappa shape index (κ3) is 4.47. The molecule has 1 amide bonds. The smallest absolute Gasteiger partial charge is 0.230 e. The van der Waals surface area contributed by atoms with Crippen LogP contribution in [-0.4, -0.2) is 36.1 Å². The molecule has 6 heteroatoms. The molecule has 0 spiro atoms. The molecule has 0 aliphatic carbocycles. The van der Waals surface area contributed by atoms with Gasteiger partial charge in [-0.1, -0.05) is 25.1 Å². The van der Waals surface area contributed by atoms with E-state index in [4.69, 9.17) is 4.74 Å². The van der Waals surface area contributed by atoms with Crippen LogP contribution in [0.4, 0.5) is 11.6 Å². The predicted octanol–water partition coefficient (Wildman–Crippen LogP) is 2.90. The summed E-state index contributed by atoms with van der Waals surface area (Å²) in [6, 6.07) is 9.36. The maximum absolute atomic E-state index is 12.3. The maximum Gasteiger partial charge on any atom is 0.230 e. The van der Waals surface area contributed by atoms with Crippen molar-refractivity contribution >= 4 is 17.5 Å². The average Bonchev–Trinajstić information content (AvgIpc) is 2.63. The van der Waals surface area contributed by atoms with Gasteiger partial charge >= 0.3 is 0 Å². The Balaban J connectivity index is 1.64. The molecule has 132 valence electrons. The van der Waals surface area contributed by atoms with Gasteiger partial charge in [0, 0.05) is 24.7 Å². The van der Waals surface area contributed by atoms with Gasteiger partial charge in [0.05, 0.1) is 13.5 Å². The number of carbonyl (C=O) groups is 1. The number of para-hydroxylation sites is 1. The highest BCUT2D eigenvalue weighted by atomic mass is 16.5. The number of ether oxygens (including phenoxy) is 1. The number of nitrogens with one attached hydrogen (secondary N) is 1. The van der Waals surface area contributed by atoms with E-state index in [0.29, 0.717) is 11.6 Å². The molecule has 1 aliphatic rings. The van der Waals surface area contributed by atoms with E-state index in [0.717, 1.165) is 30.4 Å². The molecule has 25 heavy (non-hydrogen) atoms. The Morgan fingerprint density at radius 2 is 2.04 bits per heavy atom. The minimum atomic E-state index is -0.124. The van der Waals surface area contributed by atoms with E-state index in [9.17, 15) is 4.79 Å². The van der Waals surface area contributed by atoms with Crippen molar-refractivity contribution in [3.05, 3.63) is 42.2 Å². The number of hydrogen-bond donors (Lipinski definition) is 1. The second kappa shape index (κ2) is 7.96. The molecule has 1 fully saturated rings. The van der Waals surface area contributed by atoms with Crippen LogP contribution in [0.3, 0.4) is 0 Å². The Kier molecular flexibility index (Phi) is 5.48. The van der Waals surface area contributed by atoms with Gasteiger partial charge in [-0.3, -0.25) is 4.79 Å². The number of rotatable bonds is 5. The minimum Gasteiger partial charge on any atom is -0.496 e. The number of benzene rings is 1. The summed E-state index contributed by atoms with van der Waals surface area (Å²) in [5.74, 6) is 2.75. The van der Waals surface area contributed by atoms with Gasteiger partial charge in [-0.25, -0.2) is 9.97 Å². The fourth-order valence-corrected chi connectivity index (χ4v) is 3.04. The number of amides is 1. The normalized spacial score (nSPS) is 15.0. The van der Waals surface area contributed by atoms with Crippen LogP contribution in [0.15, 0.2) is 36.7 Å². The fraction of sp³-hybridized carbons (Fsp3) is 0.421. The fourth-order valence-electron chi connectivity index (χ4n) is 3.04. The first-order valence-corrected chi connectivity index (χ1v) is 8.64. The Morgan fingerprint density at radius 1 is 1.28 bits per heavy atom. The van der Waals surface area contributed by atoms with Crippen LogP contribution < -0.4 is 15.0 Å². The number of methoxy groups -OCH3 is 1. The third-order valence-corrected chi connectivity index (χ3v) is 4.57. The lowest BCUT2D eigenvalue weighted by Gasteiger charge is -2.31. The Hall–Kier alpha value is -2.63. The molecule has 6 nitrogen and oxygen atoms in total. The van der Waals surface area contributed by atoms with Gasteiger partial charge in [0.2, 0.25) is 5.91 Å². The molecular weight excluding hydrogens is 316 g/mol. The lowest BCUT2D eigenvalue weighted by Crippen LogP contribution is -2.33. The van der Waals surface area contributed by atoms with Gasteiger partial charge in [0.1, 0.15) is 23.7 Å². The summed E-state index contributed by atoms with van der Waals surface area (Å²) in [5, 5.41) is 2.86. The zero-order valence-electron chi connectivity index (χ0n) is 14.7. The van der Waals surface area contributed by atoms with Gasteiger partial charge in [-0.15, -0.1) is 0 Å². The lowest BCUT2D eigenvalue weighted by molar-refractivity contribution is -0.115. The Morgan fingerprint density at radius 3 is 2.80 bits per heavy atom. The first-order chi connectivity index (χ1) is 12.2. The third-order valence-electron chi connectivity index (χ3n) is 4.57. The molecule has 0 unspecified atom stereocenters. The number of carbonyl (C=O) groups excluding carboxylic acids is 1. The quantitative estimate of drug-likeness (QED) is 0.906. The molecular formula is C19H24N4O2. The van der Waals surface area contributed by atoms with E-state index in [1.807, 2.05) is 30.3 Å². The van der Waals surface area contributed by atoms with Crippen LogP contribution in [0.1, 0.15) is 25.3 Å². The van der Waals surface area contributed by atoms with Crippen molar-refractivity contribution < 1.29 is 9.53 Å². The van der Waals surface area contributed by atoms with Crippen LogP contribution in [-0.2, 0) is 11.2 Å². The van der Waals surface area contributed by atoms with E-state index in [1.165, 1.54) is 19.2 Å². The molecule has 0 atom stereocenters. The summed E-state index contributed by atoms with van der Waals surface area (Å²) in [6.07, 6.45) is 4.08. The maximum atomic E-state index is 12.3.